The molecule has 1 N–H and O–H groups in total. The number of morpholine rings is 1. The van der Waals surface area contributed by atoms with Crippen molar-refractivity contribution >= 4 is 27.4 Å². The lowest BCUT2D eigenvalue weighted by Crippen LogP contribution is -2.44. The minimum atomic E-state index is -0.650. The van der Waals surface area contributed by atoms with Gasteiger partial charge in [-0.3, -0.25) is 9.76 Å². The highest BCUT2D eigenvalue weighted by Crippen LogP contribution is 2.38. The number of nitrogens with zero attached hydrogens (tertiary/aromatic N) is 6. The fourth-order valence-electron chi connectivity index (χ4n) is 5.40. The SMILES string of the molecule is Cc1nc(S(C)=N)ccc1-c1cc(N2CCOCC2C)nc2c(-c3ccnn3C3CCCCO3)nccc12. The molecule has 3 atom stereocenters. The molecule has 9 nitrogen and oxygen atoms in total. The lowest BCUT2D eigenvalue weighted by molar-refractivity contribution is -0.0383. The smallest absolute Gasteiger partial charge is 0.150 e. The van der Waals surface area contributed by atoms with E-state index >= 15 is 0 Å². The summed E-state index contributed by atoms with van der Waals surface area (Å²) in [6.45, 7) is 7.04. The third-order valence-corrected chi connectivity index (χ3v) is 8.24. The van der Waals surface area contributed by atoms with E-state index in [1.165, 1.54) is 0 Å². The van der Waals surface area contributed by atoms with E-state index in [-0.39, 0.29) is 12.3 Å². The van der Waals surface area contributed by atoms with E-state index in [9.17, 15) is 0 Å². The predicted octanol–water partition coefficient (Wildman–Crippen LogP) is 5.16. The average molecular weight is 532 g/mol. The van der Waals surface area contributed by atoms with Crippen molar-refractivity contribution in [1.29, 1.82) is 4.78 Å². The normalized spacial score (nSPS) is 21.1. The van der Waals surface area contributed by atoms with E-state index in [2.05, 4.69) is 29.1 Å². The van der Waals surface area contributed by atoms with E-state index < -0.39 is 10.7 Å². The molecule has 4 aromatic heterocycles. The van der Waals surface area contributed by atoms with Crippen LogP contribution in [0.1, 0.15) is 38.1 Å². The Hall–Kier alpha value is -3.21. The number of anilines is 1. The molecule has 2 aliphatic heterocycles. The molecule has 3 unspecified atom stereocenters. The number of ether oxygens (including phenoxy) is 2. The van der Waals surface area contributed by atoms with E-state index in [1.54, 1.807) is 0 Å². The summed E-state index contributed by atoms with van der Waals surface area (Å²) in [4.78, 5) is 17.2. The maximum absolute atomic E-state index is 8.13. The Bertz CT molecular complexity index is 1500. The van der Waals surface area contributed by atoms with Crippen molar-refractivity contribution in [3.63, 3.8) is 0 Å². The molecule has 6 rings (SSSR count). The van der Waals surface area contributed by atoms with Crippen molar-refractivity contribution in [2.75, 3.05) is 37.5 Å². The zero-order chi connectivity index (χ0) is 26.2. The number of aryl methyl sites for hydroxylation is 1. The zero-order valence-electron chi connectivity index (χ0n) is 22.1. The average Bonchev–Trinajstić information content (AvgIpc) is 3.43. The Balaban J connectivity index is 1.57. The van der Waals surface area contributed by atoms with E-state index in [0.717, 1.165) is 82.4 Å². The molecule has 0 aromatic carbocycles. The monoisotopic (exact) mass is 531 g/mol. The number of fused-ring (bicyclic) bond motifs is 1. The van der Waals surface area contributed by atoms with E-state index in [1.807, 2.05) is 48.5 Å². The largest absolute Gasteiger partial charge is 0.377 e. The second-order valence-corrected chi connectivity index (χ2v) is 11.4. The summed E-state index contributed by atoms with van der Waals surface area (Å²) >= 11 is 0. The molecule has 10 heteroatoms. The van der Waals surface area contributed by atoms with Crippen molar-refractivity contribution in [2.24, 2.45) is 0 Å². The lowest BCUT2D eigenvalue weighted by atomic mass is 9.99. The minimum Gasteiger partial charge on any atom is -0.377 e. The van der Waals surface area contributed by atoms with Gasteiger partial charge in [-0.2, -0.15) is 5.10 Å². The maximum Gasteiger partial charge on any atom is 0.150 e. The van der Waals surface area contributed by atoms with Gasteiger partial charge in [-0.15, -0.1) is 0 Å². The van der Waals surface area contributed by atoms with Crippen LogP contribution in [0.2, 0.25) is 0 Å². The Morgan fingerprint density at radius 1 is 1.05 bits per heavy atom. The molecule has 0 spiro atoms. The first-order chi connectivity index (χ1) is 18.5. The highest BCUT2D eigenvalue weighted by molar-refractivity contribution is 7.85. The van der Waals surface area contributed by atoms with Crippen molar-refractivity contribution in [1.82, 2.24) is 24.7 Å². The molecule has 0 radical (unpaired) electrons. The number of hydrogen-bond donors (Lipinski definition) is 1. The van der Waals surface area contributed by atoms with Gasteiger partial charge in [0.05, 0.1) is 24.9 Å². The van der Waals surface area contributed by atoms with Gasteiger partial charge in [-0.05, 0) is 75.3 Å². The van der Waals surface area contributed by atoms with Gasteiger partial charge in [0.1, 0.15) is 22.1 Å². The van der Waals surface area contributed by atoms with Gasteiger partial charge < -0.3 is 14.4 Å². The van der Waals surface area contributed by atoms with Gasteiger partial charge in [0, 0.05) is 42.2 Å². The van der Waals surface area contributed by atoms with Gasteiger partial charge in [0.25, 0.3) is 0 Å². The van der Waals surface area contributed by atoms with Gasteiger partial charge in [-0.25, -0.2) is 14.6 Å². The molecule has 198 valence electrons. The van der Waals surface area contributed by atoms with E-state index in [0.29, 0.717) is 13.2 Å². The molecular weight excluding hydrogens is 498 g/mol. The second kappa shape index (κ2) is 10.5. The predicted molar refractivity (Wildman–Crippen MR) is 149 cm³/mol. The van der Waals surface area contributed by atoms with Gasteiger partial charge >= 0.3 is 0 Å². The summed E-state index contributed by atoms with van der Waals surface area (Å²) in [6.07, 6.45) is 8.58. The van der Waals surface area contributed by atoms with Crippen LogP contribution in [0.5, 0.6) is 0 Å². The third kappa shape index (κ3) is 4.61. The van der Waals surface area contributed by atoms with Crippen molar-refractivity contribution in [3.05, 3.63) is 48.4 Å². The Morgan fingerprint density at radius 2 is 1.95 bits per heavy atom. The molecule has 0 bridgehead atoms. The van der Waals surface area contributed by atoms with Crippen LogP contribution in [0.4, 0.5) is 5.82 Å². The molecule has 6 heterocycles. The van der Waals surface area contributed by atoms with Crippen LogP contribution in [0.15, 0.2) is 47.8 Å². The fourth-order valence-corrected chi connectivity index (χ4v) is 5.95. The zero-order valence-corrected chi connectivity index (χ0v) is 22.9. The van der Waals surface area contributed by atoms with Gasteiger partial charge in [0.15, 0.2) is 6.23 Å². The quantitative estimate of drug-likeness (QED) is 0.380. The molecule has 0 saturated carbocycles. The van der Waals surface area contributed by atoms with Crippen molar-refractivity contribution in [3.8, 4) is 22.5 Å². The highest BCUT2D eigenvalue weighted by atomic mass is 32.2. The van der Waals surface area contributed by atoms with Crippen LogP contribution in [0, 0.1) is 11.7 Å². The first-order valence-electron chi connectivity index (χ1n) is 13.2. The second-order valence-electron chi connectivity index (χ2n) is 9.98. The maximum atomic E-state index is 8.13. The molecule has 0 amide bonds. The fraction of sp³-hybridized carbons (Fsp3) is 0.429. The summed E-state index contributed by atoms with van der Waals surface area (Å²) in [7, 11) is -0.650. The number of nitrogens with one attached hydrogen (secondary N) is 1. The first kappa shape index (κ1) is 25.1. The van der Waals surface area contributed by atoms with E-state index in [4.69, 9.17) is 29.2 Å². The summed E-state index contributed by atoms with van der Waals surface area (Å²) in [5.74, 6) is 0.900. The Labute approximate surface area is 225 Å². The van der Waals surface area contributed by atoms with Crippen LogP contribution < -0.4 is 4.90 Å². The third-order valence-electron chi connectivity index (χ3n) is 7.38. The summed E-state index contributed by atoms with van der Waals surface area (Å²) in [5, 5.41) is 6.45. The molecule has 2 saturated heterocycles. The first-order valence-corrected chi connectivity index (χ1v) is 14.8. The molecule has 0 aliphatic carbocycles. The summed E-state index contributed by atoms with van der Waals surface area (Å²) in [5.41, 5.74) is 5.53. The molecular formula is C28H33N7O2S. The molecule has 2 fully saturated rings. The van der Waals surface area contributed by atoms with Gasteiger partial charge in [-0.1, -0.05) is 10.7 Å². The summed E-state index contributed by atoms with van der Waals surface area (Å²) < 4.78 is 21.9. The van der Waals surface area contributed by atoms with Crippen LogP contribution in [0.3, 0.4) is 0 Å². The highest BCUT2D eigenvalue weighted by Gasteiger charge is 2.26. The van der Waals surface area contributed by atoms with Crippen LogP contribution in [0.25, 0.3) is 33.4 Å². The van der Waals surface area contributed by atoms with Crippen LogP contribution >= 0.6 is 0 Å². The molecule has 4 aromatic rings. The van der Waals surface area contributed by atoms with Crippen molar-refractivity contribution < 1.29 is 9.47 Å². The topological polar surface area (TPSA) is 102 Å². The molecule has 2 aliphatic rings. The number of rotatable bonds is 5. The Kier molecular flexibility index (Phi) is 6.94. The lowest BCUT2D eigenvalue weighted by Gasteiger charge is -2.34. The van der Waals surface area contributed by atoms with Crippen LogP contribution in [-0.2, 0) is 20.2 Å². The standard InChI is InChI=1S/C28H33N7O2S/c1-18-17-36-15-13-34(18)24-16-22(20-7-8-25(38(3)29)32-19(20)2)21-9-11-30-28(27(21)33-24)23-10-12-31-35(23)26-6-4-5-14-37-26/h7-12,16,18,26,29H,4-6,13-15,17H2,1-3H3. The number of pyridine rings is 3. The number of aromatic nitrogens is 5. The minimum absolute atomic E-state index is 0.0978. The summed E-state index contributed by atoms with van der Waals surface area (Å²) in [6, 6.07) is 10.5. The number of hydrogen-bond acceptors (Lipinski definition) is 8. The van der Waals surface area contributed by atoms with Crippen LogP contribution in [-0.4, -0.2) is 63.4 Å². The van der Waals surface area contributed by atoms with Gasteiger partial charge in [0.2, 0.25) is 0 Å². The Morgan fingerprint density at radius 3 is 2.71 bits per heavy atom. The van der Waals surface area contributed by atoms with Crippen molar-refractivity contribution in [2.45, 2.75) is 50.4 Å². The molecule has 38 heavy (non-hydrogen) atoms.